The number of halogens is 2. The van der Waals surface area contributed by atoms with Crippen molar-refractivity contribution < 1.29 is 4.39 Å². The summed E-state index contributed by atoms with van der Waals surface area (Å²) in [4.78, 5) is 4.19. The van der Waals surface area contributed by atoms with E-state index in [-0.39, 0.29) is 11.2 Å². The molecule has 8 rings (SSSR count). The average molecular weight is 656 g/mol. The third-order valence-electron chi connectivity index (χ3n) is 9.52. The predicted octanol–water partition coefficient (Wildman–Crippen LogP) is 12.7. The Hall–Kier alpha value is -5.89. The second kappa shape index (κ2) is 12.0. The normalized spacial score (nSPS) is 12.6. The van der Waals surface area contributed by atoms with Gasteiger partial charge in [-0.05, 0) is 118 Å². The Balaban J connectivity index is 1.34. The molecule has 49 heavy (non-hydrogen) atoms. The maximum atomic E-state index is 14.1. The minimum absolute atomic E-state index is 0.239. The second-order valence-electron chi connectivity index (χ2n) is 12.9. The first-order chi connectivity index (χ1) is 23.8. The summed E-state index contributed by atoms with van der Waals surface area (Å²) < 4.78 is 14.1. The maximum Gasteiger partial charge on any atom is 0.123 e. The van der Waals surface area contributed by atoms with Crippen LogP contribution in [0.25, 0.3) is 21.9 Å². The zero-order chi connectivity index (χ0) is 33.7. The second-order valence-corrected chi connectivity index (χ2v) is 13.3. The lowest BCUT2D eigenvalue weighted by Crippen LogP contribution is -2.17. The van der Waals surface area contributed by atoms with Crippen LogP contribution in [-0.2, 0) is 5.41 Å². The third-order valence-corrected chi connectivity index (χ3v) is 9.76. The SMILES string of the molecule is CC1(C)c2cc(N(c3cccc(Cl)c3)c3cc(C#N)cc(N(c4ccccc4)c4ccc(F)cc4)c3)ccc2-c2c1ccc1ccccc21. The first-order valence-electron chi connectivity index (χ1n) is 16.2. The first-order valence-corrected chi connectivity index (χ1v) is 16.6. The van der Waals surface area contributed by atoms with E-state index in [1.807, 2.05) is 71.6 Å². The molecule has 0 fully saturated rings. The number of benzene rings is 7. The van der Waals surface area contributed by atoms with Gasteiger partial charge in [-0.15, -0.1) is 0 Å². The van der Waals surface area contributed by atoms with Crippen LogP contribution in [0.15, 0.2) is 152 Å². The van der Waals surface area contributed by atoms with Crippen molar-refractivity contribution in [1.82, 2.24) is 0 Å². The van der Waals surface area contributed by atoms with Crippen LogP contribution >= 0.6 is 11.6 Å². The summed E-state index contributed by atoms with van der Waals surface area (Å²) >= 11 is 6.61. The Bertz CT molecular complexity index is 2410. The van der Waals surface area contributed by atoms with E-state index < -0.39 is 0 Å². The fourth-order valence-electron chi connectivity index (χ4n) is 7.23. The molecule has 0 N–H and O–H groups in total. The molecule has 0 bridgehead atoms. The first kappa shape index (κ1) is 30.4. The van der Waals surface area contributed by atoms with E-state index in [4.69, 9.17) is 11.6 Å². The summed E-state index contributed by atoms with van der Waals surface area (Å²) in [6.45, 7) is 4.57. The van der Waals surface area contributed by atoms with Gasteiger partial charge in [0.2, 0.25) is 0 Å². The van der Waals surface area contributed by atoms with E-state index in [0.29, 0.717) is 10.6 Å². The molecule has 0 atom stereocenters. The van der Waals surface area contributed by atoms with Crippen molar-refractivity contribution in [2.24, 2.45) is 0 Å². The highest BCUT2D eigenvalue weighted by Gasteiger charge is 2.37. The molecule has 0 amide bonds. The van der Waals surface area contributed by atoms with Crippen LogP contribution in [0, 0.1) is 17.1 Å². The zero-order valence-electron chi connectivity index (χ0n) is 27.0. The molecule has 7 aromatic rings. The standard InChI is InChI=1S/C44H31ClFN3/c1-44(2)41-22-15-30-9-6-7-14-39(30)43(41)40-21-20-36(27-42(40)44)49(35-13-8-10-31(45)25-35)38-24-29(28-47)23-37(26-38)48(33-11-4-3-5-12-33)34-18-16-32(46)17-19-34/h3-27H,1-2H3. The van der Waals surface area contributed by atoms with Crippen LogP contribution in [0.2, 0.25) is 5.02 Å². The lowest BCUT2D eigenvalue weighted by molar-refractivity contribution is 0.628. The molecule has 0 aliphatic heterocycles. The number of hydrogen-bond acceptors (Lipinski definition) is 3. The van der Waals surface area contributed by atoms with Crippen molar-refractivity contribution in [2.45, 2.75) is 19.3 Å². The summed E-state index contributed by atoms with van der Waals surface area (Å²) in [6, 6.07) is 52.0. The fourth-order valence-corrected chi connectivity index (χ4v) is 7.41. The summed E-state index contributed by atoms with van der Waals surface area (Å²) in [5.41, 5.74) is 10.3. The smallest absolute Gasteiger partial charge is 0.123 e. The molecule has 0 heterocycles. The van der Waals surface area contributed by atoms with E-state index in [1.165, 1.54) is 45.2 Å². The molecule has 0 radical (unpaired) electrons. The molecule has 0 unspecified atom stereocenters. The number of nitrogens with zero attached hydrogens (tertiary/aromatic N) is 3. The Morgan fingerprint density at radius 2 is 1.20 bits per heavy atom. The van der Waals surface area contributed by atoms with Gasteiger partial charge < -0.3 is 9.80 Å². The number of para-hydroxylation sites is 1. The summed E-state index contributed by atoms with van der Waals surface area (Å²) in [5.74, 6) is -0.315. The van der Waals surface area contributed by atoms with Crippen molar-refractivity contribution in [3.05, 3.63) is 179 Å². The topological polar surface area (TPSA) is 30.3 Å². The van der Waals surface area contributed by atoms with Crippen molar-refractivity contribution in [3.8, 4) is 17.2 Å². The number of fused-ring (bicyclic) bond motifs is 5. The monoisotopic (exact) mass is 655 g/mol. The predicted molar refractivity (Wildman–Crippen MR) is 201 cm³/mol. The molecular formula is C44H31ClFN3. The molecule has 0 aromatic heterocycles. The molecule has 3 nitrogen and oxygen atoms in total. The molecule has 1 aliphatic carbocycles. The number of hydrogen-bond donors (Lipinski definition) is 0. The van der Waals surface area contributed by atoms with Gasteiger partial charge in [-0.2, -0.15) is 5.26 Å². The van der Waals surface area contributed by atoms with Crippen molar-refractivity contribution in [2.75, 3.05) is 9.80 Å². The zero-order valence-corrected chi connectivity index (χ0v) is 27.8. The van der Waals surface area contributed by atoms with Crippen LogP contribution in [0.3, 0.4) is 0 Å². The van der Waals surface area contributed by atoms with Gasteiger partial charge in [-0.1, -0.05) is 92.2 Å². The fraction of sp³-hybridized carbons (Fsp3) is 0.0682. The lowest BCUT2D eigenvalue weighted by atomic mass is 9.82. The maximum absolute atomic E-state index is 14.1. The Morgan fingerprint density at radius 3 is 1.94 bits per heavy atom. The van der Waals surface area contributed by atoms with Gasteiger partial charge in [0.05, 0.1) is 11.6 Å². The summed E-state index contributed by atoms with van der Waals surface area (Å²) in [5, 5.41) is 13.4. The molecule has 0 saturated carbocycles. The van der Waals surface area contributed by atoms with E-state index >= 15 is 0 Å². The molecule has 1 aliphatic rings. The van der Waals surface area contributed by atoms with Crippen molar-refractivity contribution in [1.29, 1.82) is 5.26 Å². The Kier molecular flexibility index (Phi) is 7.44. The molecular weight excluding hydrogens is 625 g/mol. The lowest BCUT2D eigenvalue weighted by Gasteiger charge is -2.30. The van der Waals surface area contributed by atoms with Gasteiger partial charge >= 0.3 is 0 Å². The summed E-state index contributed by atoms with van der Waals surface area (Å²) in [7, 11) is 0. The van der Waals surface area contributed by atoms with E-state index in [2.05, 4.69) is 85.5 Å². The van der Waals surface area contributed by atoms with Gasteiger partial charge in [0.25, 0.3) is 0 Å². The highest BCUT2D eigenvalue weighted by molar-refractivity contribution is 6.30. The largest absolute Gasteiger partial charge is 0.310 e. The Labute approximate surface area is 290 Å². The summed E-state index contributed by atoms with van der Waals surface area (Å²) in [6.07, 6.45) is 0. The molecule has 5 heteroatoms. The molecule has 7 aromatic carbocycles. The van der Waals surface area contributed by atoms with E-state index in [0.717, 1.165) is 34.1 Å². The van der Waals surface area contributed by atoms with Crippen LogP contribution in [0.1, 0.15) is 30.5 Å². The van der Waals surface area contributed by atoms with Crippen LogP contribution < -0.4 is 9.80 Å². The van der Waals surface area contributed by atoms with Gasteiger partial charge in [0, 0.05) is 44.6 Å². The van der Waals surface area contributed by atoms with Gasteiger partial charge in [0.15, 0.2) is 0 Å². The van der Waals surface area contributed by atoms with E-state index in [1.54, 1.807) is 12.1 Å². The number of rotatable bonds is 6. The number of nitriles is 1. The van der Waals surface area contributed by atoms with Gasteiger partial charge in [-0.3, -0.25) is 0 Å². The minimum atomic E-state index is -0.315. The minimum Gasteiger partial charge on any atom is -0.310 e. The van der Waals surface area contributed by atoms with Crippen LogP contribution in [-0.4, -0.2) is 0 Å². The van der Waals surface area contributed by atoms with Crippen molar-refractivity contribution in [3.63, 3.8) is 0 Å². The van der Waals surface area contributed by atoms with Crippen LogP contribution in [0.4, 0.5) is 38.5 Å². The highest BCUT2D eigenvalue weighted by Crippen LogP contribution is 2.53. The molecule has 0 saturated heterocycles. The highest BCUT2D eigenvalue weighted by atomic mass is 35.5. The van der Waals surface area contributed by atoms with Crippen molar-refractivity contribution >= 4 is 56.5 Å². The third kappa shape index (κ3) is 5.30. The van der Waals surface area contributed by atoms with Gasteiger partial charge in [0.1, 0.15) is 5.82 Å². The molecule has 236 valence electrons. The molecule has 0 spiro atoms. The Morgan fingerprint density at radius 1 is 0.571 bits per heavy atom. The average Bonchev–Trinajstić information content (AvgIpc) is 3.35. The number of anilines is 6. The van der Waals surface area contributed by atoms with E-state index in [9.17, 15) is 9.65 Å². The quantitative estimate of drug-likeness (QED) is 0.179. The van der Waals surface area contributed by atoms with Crippen LogP contribution in [0.5, 0.6) is 0 Å². The van der Waals surface area contributed by atoms with Gasteiger partial charge in [-0.25, -0.2) is 4.39 Å².